The second kappa shape index (κ2) is 5.85. The molecule has 1 aliphatic heterocycles. The van der Waals surface area contributed by atoms with E-state index in [0.717, 1.165) is 32.4 Å². The summed E-state index contributed by atoms with van der Waals surface area (Å²) in [5.41, 5.74) is 0.518. The van der Waals surface area contributed by atoms with Crippen LogP contribution in [0.5, 0.6) is 0 Å². The Kier molecular flexibility index (Phi) is 4.18. The normalized spacial score (nSPS) is 18.9. The number of pyridine rings is 1. The minimum Gasteiger partial charge on any atom is -0.378 e. The van der Waals surface area contributed by atoms with Crippen LogP contribution in [0, 0.1) is 11.3 Å². The summed E-state index contributed by atoms with van der Waals surface area (Å²) in [5.74, 6) is 0.645. The summed E-state index contributed by atoms with van der Waals surface area (Å²) >= 11 is 5.81. The molecule has 2 rings (SSSR count). The van der Waals surface area contributed by atoms with Gasteiger partial charge in [0.05, 0.1) is 17.7 Å². The zero-order valence-electron chi connectivity index (χ0n) is 9.45. The summed E-state index contributed by atoms with van der Waals surface area (Å²) in [5, 5.41) is 12.3. The Hall–Kier alpha value is -1.31. The van der Waals surface area contributed by atoms with E-state index in [1.54, 1.807) is 12.1 Å². The molecule has 1 unspecified atom stereocenters. The molecule has 1 aliphatic rings. The third kappa shape index (κ3) is 3.58. The van der Waals surface area contributed by atoms with Crippen molar-refractivity contribution in [1.82, 2.24) is 4.98 Å². The molecule has 0 aromatic carbocycles. The van der Waals surface area contributed by atoms with E-state index in [1.807, 2.05) is 0 Å². The van der Waals surface area contributed by atoms with Crippen LogP contribution in [0.3, 0.4) is 0 Å². The fraction of sp³-hybridized carbons (Fsp3) is 0.500. The number of ether oxygens (including phenoxy) is 1. The van der Waals surface area contributed by atoms with Gasteiger partial charge >= 0.3 is 0 Å². The minimum absolute atomic E-state index is 0.337. The van der Waals surface area contributed by atoms with Gasteiger partial charge in [0.2, 0.25) is 0 Å². The van der Waals surface area contributed by atoms with Gasteiger partial charge in [-0.1, -0.05) is 11.6 Å². The highest BCUT2D eigenvalue weighted by Crippen LogP contribution is 2.17. The summed E-state index contributed by atoms with van der Waals surface area (Å²) < 4.78 is 5.52. The van der Waals surface area contributed by atoms with Crippen molar-refractivity contribution in [2.75, 3.05) is 18.5 Å². The van der Waals surface area contributed by atoms with Crippen LogP contribution in [0.25, 0.3) is 0 Å². The number of nitrogens with one attached hydrogen (secondary N) is 1. The zero-order valence-corrected chi connectivity index (χ0v) is 10.2. The smallest absolute Gasteiger partial charge is 0.132 e. The molecule has 0 saturated carbocycles. The van der Waals surface area contributed by atoms with Gasteiger partial charge in [-0.15, -0.1) is 0 Å². The van der Waals surface area contributed by atoms with E-state index in [2.05, 4.69) is 16.4 Å². The fourth-order valence-electron chi connectivity index (χ4n) is 1.89. The number of anilines is 1. The van der Waals surface area contributed by atoms with Crippen LogP contribution >= 0.6 is 11.6 Å². The molecule has 0 bridgehead atoms. The third-order valence-electron chi connectivity index (χ3n) is 2.72. The predicted molar refractivity (Wildman–Crippen MR) is 66.0 cm³/mol. The number of rotatable bonds is 4. The lowest BCUT2D eigenvalue weighted by Crippen LogP contribution is -2.13. The van der Waals surface area contributed by atoms with Crippen LogP contribution in [-0.2, 0) is 4.74 Å². The van der Waals surface area contributed by atoms with E-state index < -0.39 is 0 Å². The van der Waals surface area contributed by atoms with Crippen LogP contribution in [0.1, 0.15) is 24.8 Å². The highest BCUT2D eigenvalue weighted by molar-refractivity contribution is 6.29. The lowest BCUT2D eigenvalue weighted by atomic mass is 10.2. The molecule has 1 fully saturated rings. The van der Waals surface area contributed by atoms with Gasteiger partial charge in [0, 0.05) is 13.2 Å². The fourth-order valence-corrected chi connectivity index (χ4v) is 2.09. The Balaban J connectivity index is 1.85. The Morgan fingerprint density at radius 1 is 1.59 bits per heavy atom. The minimum atomic E-state index is 0.337. The molecule has 4 nitrogen and oxygen atoms in total. The molecule has 5 heteroatoms. The van der Waals surface area contributed by atoms with E-state index in [1.165, 1.54) is 0 Å². The molecule has 2 heterocycles. The first-order valence-corrected chi connectivity index (χ1v) is 6.09. The average molecular weight is 252 g/mol. The van der Waals surface area contributed by atoms with Gasteiger partial charge < -0.3 is 10.1 Å². The molecule has 0 aliphatic carbocycles. The summed E-state index contributed by atoms with van der Waals surface area (Å²) in [6.45, 7) is 1.65. The van der Waals surface area contributed by atoms with Crippen LogP contribution in [0.2, 0.25) is 5.15 Å². The summed E-state index contributed by atoms with van der Waals surface area (Å²) in [6, 6.07) is 5.29. The lowest BCUT2D eigenvalue weighted by molar-refractivity contribution is 0.107. The third-order valence-corrected chi connectivity index (χ3v) is 2.91. The standard InChI is InChI=1S/C12H14ClN3O/c13-11-6-9(8-14)7-12(16-11)15-4-3-10-2-1-5-17-10/h6-7,10H,1-5H2,(H,15,16). The average Bonchev–Trinajstić information content (AvgIpc) is 2.81. The largest absolute Gasteiger partial charge is 0.378 e. The molecule has 90 valence electrons. The highest BCUT2D eigenvalue weighted by atomic mass is 35.5. The van der Waals surface area contributed by atoms with E-state index >= 15 is 0 Å². The number of nitrogens with zero attached hydrogens (tertiary/aromatic N) is 2. The maximum Gasteiger partial charge on any atom is 0.132 e. The molecule has 0 radical (unpaired) electrons. The van der Waals surface area contributed by atoms with Crippen molar-refractivity contribution in [3.63, 3.8) is 0 Å². The first-order chi connectivity index (χ1) is 8.28. The molecular formula is C12H14ClN3O. The predicted octanol–water partition coefficient (Wildman–Crippen LogP) is 2.59. The molecule has 1 saturated heterocycles. The van der Waals surface area contributed by atoms with E-state index in [-0.39, 0.29) is 0 Å². The van der Waals surface area contributed by atoms with Gasteiger partial charge in [0.25, 0.3) is 0 Å². The highest BCUT2D eigenvalue weighted by Gasteiger charge is 2.14. The summed E-state index contributed by atoms with van der Waals surface area (Å²) in [7, 11) is 0. The van der Waals surface area contributed by atoms with Crippen molar-refractivity contribution >= 4 is 17.4 Å². The van der Waals surface area contributed by atoms with E-state index in [4.69, 9.17) is 21.6 Å². The van der Waals surface area contributed by atoms with Gasteiger partial charge in [-0.3, -0.25) is 0 Å². The van der Waals surface area contributed by atoms with Gasteiger partial charge in [0.1, 0.15) is 11.0 Å². The van der Waals surface area contributed by atoms with Crippen molar-refractivity contribution in [2.24, 2.45) is 0 Å². The SMILES string of the molecule is N#Cc1cc(Cl)nc(NCCC2CCCO2)c1. The van der Waals surface area contributed by atoms with Crippen molar-refractivity contribution in [1.29, 1.82) is 5.26 Å². The van der Waals surface area contributed by atoms with Crippen molar-refractivity contribution in [2.45, 2.75) is 25.4 Å². The van der Waals surface area contributed by atoms with Crippen molar-refractivity contribution < 1.29 is 4.74 Å². The van der Waals surface area contributed by atoms with E-state index in [0.29, 0.717) is 22.6 Å². The molecule has 1 aromatic rings. The lowest BCUT2D eigenvalue weighted by Gasteiger charge is -2.10. The topological polar surface area (TPSA) is 57.9 Å². The maximum absolute atomic E-state index is 8.80. The molecule has 1 atom stereocenters. The molecule has 1 N–H and O–H groups in total. The Morgan fingerprint density at radius 2 is 2.47 bits per heavy atom. The maximum atomic E-state index is 8.80. The first-order valence-electron chi connectivity index (χ1n) is 5.71. The number of nitriles is 1. The second-order valence-electron chi connectivity index (χ2n) is 4.03. The first kappa shape index (κ1) is 12.2. The van der Waals surface area contributed by atoms with Gasteiger partial charge in [0.15, 0.2) is 0 Å². The van der Waals surface area contributed by atoms with Crippen molar-refractivity contribution in [3.05, 3.63) is 22.8 Å². The molecule has 1 aromatic heterocycles. The van der Waals surface area contributed by atoms with Crippen LogP contribution in [0.15, 0.2) is 12.1 Å². The van der Waals surface area contributed by atoms with Crippen LogP contribution in [0.4, 0.5) is 5.82 Å². The number of hydrogen-bond donors (Lipinski definition) is 1. The second-order valence-corrected chi connectivity index (χ2v) is 4.41. The van der Waals surface area contributed by atoms with Crippen LogP contribution < -0.4 is 5.32 Å². The number of halogens is 1. The molecule has 0 spiro atoms. The number of aromatic nitrogens is 1. The Bertz CT molecular complexity index is 424. The zero-order chi connectivity index (χ0) is 12.1. The van der Waals surface area contributed by atoms with Gasteiger partial charge in [-0.25, -0.2) is 4.98 Å². The molecular weight excluding hydrogens is 238 g/mol. The van der Waals surface area contributed by atoms with Gasteiger partial charge in [-0.05, 0) is 31.4 Å². The number of hydrogen-bond acceptors (Lipinski definition) is 4. The monoisotopic (exact) mass is 251 g/mol. The van der Waals surface area contributed by atoms with E-state index in [9.17, 15) is 0 Å². The Morgan fingerprint density at radius 3 is 3.18 bits per heavy atom. The summed E-state index contributed by atoms with van der Waals surface area (Å²) in [4.78, 5) is 4.11. The molecule has 17 heavy (non-hydrogen) atoms. The molecule has 0 amide bonds. The quantitative estimate of drug-likeness (QED) is 0.836. The van der Waals surface area contributed by atoms with Crippen molar-refractivity contribution in [3.8, 4) is 6.07 Å². The Labute approximate surface area is 106 Å². The van der Waals surface area contributed by atoms with Crippen LogP contribution in [-0.4, -0.2) is 24.2 Å². The van der Waals surface area contributed by atoms with Gasteiger partial charge in [-0.2, -0.15) is 5.26 Å². The summed E-state index contributed by atoms with van der Waals surface area (Å²) in [6.07, 6.45) is 3.60.